The van der Waals surface area contributed by atoms with E-state index in [-0.39, 0.29) is 12.6 Å². The summed E-state index contributed by atoms with van der Waals surface area (Å²) in [4.78, 5) is 0. The van der Waals surface area contributed by atoms with Crippen molar-refractivity contribution in [2.24, 2.45) is 11.8 Å². The van der Waals surface area contributed by atoms with Gasteiger partial charge >= 0.3 is 0 Å². The minimum atomic E-state index is 0.268. The molecule has 0 aromatic carbocycles. The zero-order chi connectivity index (χ0) is 11.1. The van der Waals surface area contributed by atoms with Crippen molar-refractivity contribution in [3.63, 3.8) is 0 Å². The molecule has 0 aromatic heterocycles. The molecule has 15 heavy (non-hydrogen) atoms. The average molecular weight is 213 g/mol. The molecule has 1 saturated carbocycles. The third-order valence-electron chi connectivity index (χ3n) is 3.64. The second-order valence-corrected chi connectivity index (χ2v) is 5.30. The molecule has 2 nitrogen and oxygen atoms in total. The first-order valence-corrected chi connectivity index (χ1v) is 6.58. The quantitative estimate of drug-likeness (QED) is 0.688. The average Bonchev–Trinajstić information content (AvgIpc) is 2.46. The van der Waals surface area contributed by atoms with Gasteiger partial charge in [0.15, 0.2) is 0 Å². The van der Waals surface area contributed by atoms with Crippen molar-refractivity contribution < 1.29 is 5.11 Å². The van der Waals surface area contributed by atoms with E-state index in [4.69, 9.17) is 0 Å². The fraction of sp³-hybridized carbons (Fsp3) is 1.00. The highest BCUT2D eigenvalue weighted by Gasteiger charge is 2.16. The molecule has 0 saturated heterocycles. The Hall–Kier alpha value is -0.0800. The second-order valence-electron chi connectivity index (χ2n) is 5.30. The highest BCUT2D eigenvalue weighted by atomic mass is 16.3. The SMILES string of the molecule is CC(C)C(CO)NCC1CCCCCC1. The molecule has 0 heterocycles. The Balaban J connectivity index is 2.21. The first-order chi connectivity index (χ1) is 7.24. The molecular formula is C13H27NO. The van der Waals surface area contributed by atoms with Crippen LogP contribution in [-0.4, -0.2) is 24.3 Å². The lowest BCUT2D eigenvalue weighted by Gasteiger charge is -2.23. The van der Waals surface area contributed by atoms with Gasteiger partial charge in [0, 0.05) is 6.04 Å². The zero-order valence-corrected chi connectivity index (χ0v) is 10.3. The summed E-state index contributed by atoms with van der Waals surface area (Å²) in [6, 6.07) is 0.285. The maximum absolute atomic E-state index is 9.22. The molecule has 1 unspecified atom stereocenters. The van der Waals surface area contributed by atoms with Gasteiger partial charge < -0.3 is 10.4 Å². The molecule has 2 N–H and O–H groups in total. The van der Waals surface area contributed by atoms with E-state index in [1.807, 2.05) is 0 Å². The van der Waals surface area contributed by atoms with Crippen LogP contribution in [0.25, 0.3) is 0 Å². The van der Waals surface area contributed by atoms with Crippen LogP contribution in [0.15, 0.2) is 0 Å². The normalized spacial score (nSPS) is 21.6. The van der Waals surface area contributed by atoms with Crippen LogP contribution < -0.4 is 5.32 Å². The van der Waals surface area contributed by atoms with Crippen LogP contribution in [0.1, 0.15) is 52.4 Å². The molecule has 0 amide bonds. The van der Waals surface area contributed by atoms with Gasteiger partial charge in [0.2, 0.25) is 0 Å². The molecule has 1 aliphatic rings. The number of aliphatic hydroxyl groups is 1. The van der Waals surface area contributed by atoms with E-state index in [0.29, 0.717) is 5.92 Å². The standard InChI is InChI=1S/C13H27NO/c1-11(2)13(10-15)14-9-12-7-5-3-4-6-8-12/h11-15H,3-10H2,1-2H3. The molecule has 0 bridgehead atoms. The molecule has 0 spiro atoms. The van der Waals surface area contributed by atoms with Crippen molar-refractivity contribution in [2.45, 2.75) is 58.4 Å². The smallest absolute Gasteiger partial charge is 0.0587 e. The molecule has 1 aliphatic carbocycles. The monoisotopic (exact) mass is 213 g/mol. The number of aliphatic hydroxyl groups excluding tert-OH is 1. The van der Waals surface area contributed by atoms with E-state index < -0.39 is 0 Å². The van der Waals surface area contributed by atoms with Crippen molar-refractivity contribution in [3.05, 3.63) is 0 Å². The second kappa shape index (κ2) is 7.24. The van der Waals surface area contributed by atoms with Crippen molar-refractivity contribution in [3.8, 4) is 0 Å². The van der Waals surface area contributed by atoms with Gasteiger partial charge in [-0.25, -0.2) is 0 Å². The molecule has 0 radical (unpaired) electrons. The molecule has 1 rings (SSSR count). The van der Waals surface area contributed by atoms with Crippen LogP contribution >= 0.6 is 0 Å². The van der Waals surface area contributed by atoms with Crippen molar-refractivity contribution in [2.75, 3.05) is 13.2 Å². The largest absolute Gasteiger partial charge is 0.395 e. The maximum atomic E-state index is 9.22. The number of hydrogen-bond donors (Lipinski definition) is 2. The predicted octanol–water partition coefficient (Wildman–Crippen LogP) is 2.56. The zero-order valence-electron chi connectivity index (χ0n) is 10.3. The highest BCUT2D eigenvalue weighted by molar-refractivity contribution is 4.73. The molecule has 90 valence electrons. The Kier molecular flexibility index (Phi) is 6.26. The first-order valence-electron chi connectivity index (χ1n) is 6.58. The third-order valence-corrected chi connectivity index (χ3v) is 3.64. The van der Waals surface area contributed by atoms with Crippen LogP contribution in [0, 0.1) is 11.8 Å². The van der Waals surface area contributed by atoms with Crippen LogP contribution in [0.2, 0.25) is 0 Å². The van der Waals surface area contributed by atoms with Gasteiger partial charge in [-0.15, -0.1) is 0 Å². The lowest BCUT2D eigenvalue weighted by atomic mass is 9.98. The van der Waals surface area contributed by atoms with Gasteiger partial charge in [-0.3, -0.25) is 0 Å². The summed E-state index contributed by atoms with van der Waals surface area (Å²) in [5.41, 5.74) is 0. The van der Waals surface area contributed by atoms with E-state index in [9.17, 15) is 5.11 Å². The molecule has 1 fully saturated rings. The van der Waals surface area contributed by atoms with E-state index in [0.717, 1.165) is 12.5 Å². The van der Waals surface area contributed by atoms with E-state index in [1.165, 1.54) is 38.5 Å². The third kappa shape index (κ3) is 4.98. The first kappa shape index (κ1) is 13.0. The summed E-state index contributed by atoms with van der Waals surface area (Å²) < 4.78 is 0. The highest BCUT2D eigenvalue weighted by Crippen LogP contribution is 2.22. The van der Waals surface area contributed by atoms with Crippen LogP contribution in [-0.2, 0) is 0 Å². The Bertz CT molecular complexity index is 151. The molecule has 1 atom stereocenters. The number of nitrogens with one attached hydrogen (secondary N) is 1. The van der Waals surface area contributed by atoms with E-state index >= 15 is 0 Å². The van der Waals surface area contributed by atoms with Crippen molar-refractivity contribution in [1.82, 2.24) is 5.32 Å². The Morgan fingerprint density at radius 1 is 1.13 bits per heavy atom. The predicted molar refractivity (Wildman–Crippen MR) is 64.9 cm³/mol. The topological polar surface area (TPSA) is 32.3 Å². The van der Waals surface area contributed by atoms with Crippen LogP contribution in [0.4, 0.5) is 0 Å². The van der Waals surface area contributed by atoms with Gasteiger partial charge in [-0.1, -0.05) is 39.5 Å². The number of hydrogen-bond acceptors (Lipinski definition) is 2. The summed E-state index contributed by atoms with van der Waals surface area (Å²) in [5.74, 6) is 1.38. The fourth-order valence-corrected chi connectivity index (χ4v) is 2.40. The molecule has 0 aliphatic heterocycles. The lowest BCUT2D eigenvalue weighted by molar-refractivity contribution is 0.203. The van der Waals surface area contributed by atoms with Crippen molar-refractivity contribution >= 4 is 0 Å². The van der Waals surface area contributed by atoms with E-state index in [2.05, 4.69) is 19.2 Å². The summed E-state index contributed by atoms with van der Waals surface area (Å²) in [6.45, 7) is 5.70. The summed E-state index contributed by atoms with van der Waals surface area (Å²) >= 11 is 0. The fourth-order valence-electron chi connectivity index (χ4n) is 2.40. The minimum Gasteiger partial charge on any atom is -0.395 e. The molecular weight excluding hydrogens is 186 g/mol. The summed E-state index contributed by atoms with van der Waals surface area (Å²) in [5, 5.41) is 12.7. The number of rotatable bonds is 5. The minimum absolute atomic E-state index is 0.268. The van der Waals surface area contributed by atoms with Gasteiger partial charge in [0.1, 0.15) is 0 Å². The molecule has 2 heteroatoms. The maximum Gasteiger partial charge on any atom is 0.0587 e. The van der Waals surface area contributed by atoms with Crippen LogP contribution in [0.5, 0.6) is 0 Å². The summed E-state index contributed by atoms with van der Waals surface area (Å²) in [6.07, 6.45) is 8.40. The Morgan fingerprint density at radius 3 is 2.20 bits per heavy atom. The van der Waals surface area contributed by atoms with Gasteiger partial charge in [0.25, 0.3) is 0 Å². The Labute approximate surface area is 94.5 Å². The van der Waals surface area contributed by atoms with Gasteiger partial charge in [-0.2, -0.15) is 0 Å². The molecule has 0 aromatic rings. The van der Waals surface area contributed by atoms with Gasteiger partial charge in [-0.05, 0) is 31.2 Å². The lowest BCUT2D eigenvalue weighted by Crippen LogP contribution is -2.39. The Morgan fingerprint density at radius 2 is 1.73 bits per heavy atom. The van der Waals surface area contributed by atoms with Crippen molar-refractivity contribution in [1.29, 1.82) is 0 Å². The van der Waals surface area contributed by atoms with Crippen LogP contribution in [0.3, 0.4) is 0 Å². The van der Waals surface area contributed by atoms with E-state index in [1.54, 1.807) is 0 Å². The van der Waals surface area contributed by atoms with Gasteiger partial charge in [0.05, 0.1) is 6.61 Å². The summed E-state index contributed by atoms with van der Waals surface area (Å²) in [7, 11) is 0.